The molecule has 3 amide bonds. The lowest BCUT2D eigenvalue weighted by molar-refractivity contribution is 0.0663. The van der Waals surface area contributed by atoms with Crippen LogP contribution in [0, 0.1) is 6.92 Å². The van der Waals surface area contributed by atoms with Crippen molar-refractivity contribution in [1.29, 1.82) is 0 Å². The Kier molecular flexibility index (Phi) is 6.31. The summed E-state index contributed by atoms with van der Waals surface area (Å²) < 4.78 is 0. The van der Waals surface area contributed by atoms with Gasteiger partial charge in [0.15, 0.2) is 0 Å². The number of benzene rings is 2. The molecule has 1 saturated heterocycles. The number of rotatable bonds is 4. The molecule has 1 aliphatic rings. The highest BCUT2D eigenvalue weighted by Gasteiger charge is 2.24. The van der Waals surface area contributed by atoms with Gasteiger partial charge in [-0.05, 0) is 70.3 Å². The summed E-state index contributed by atoms with van der Waals surface area (Å²) in [6.07, 6.45) is 2.00. The van der Waals surface area contributed by atoms with Crippen molar-refractivity contribution in [3.8, 4) is 0 Å². The normalized spacial score (nSPS) is 14.8. The van der Waals surface area contributed by atoms with Crippen molar-refractivity contribution >= 4 is 23.3 Å². The van der Waals surface area contributed by atoms with Crippen LogP contribution in [0.3, 0.4) is 0 Å². The number of carbonyl (C=O) groups excluding carboxylic acids is 2. The van der Waals surface area contributed by atoms with Crippen LogP contribution < -0.4 is 10.6 Å². The van der Waals surface area contributed by atoms with E-state index >= 15 is 0 Å². The number of amides is 3. The van der Waals surface area contributed by atoms with Crippen LogP contribution in [0.4, 0.5) is 16.2 Å². The van der Waals surface area contributed by atoms with Crippen LogP contribution in [0.15, 0.2) is 48.5 Å². The number of urea groups is 1. The first kappa shape index (κ1) is 19.9. The number of nitrogens with zero attached hydrogens (tertiary/aromatic N) is 2. The minimum absolute atomic E-state index is 0.0489. The van der Waals surface area contributed by atoms with Gasteiger partial charge >= 0.3 is 6.03 Å². The fourth-order valence-corrected chi connectivity index (χ4v) is 3.39. The van der Waals surface area contributed by atoms with E-state index in [1.165, 1.54) is 0 Å². The zero-order valence-electron chi connectivity index (χ0n) is 16.7. The van der Waals surface area contributed by atoms with Gasteiger partial charge in [-0.3, -0.25) is 4.79 Å². The molecule has 0 spiro atoms. The molecule has 2 N–H and O–H groups in total. The van der Waals surface area contributed by atoms with E-state index in [0.29, 0.717) is 17.3 Å². The number of aryl methyl sites for hydroxylation is 1. The van der Waals surface area contributed by atoms with E-state index < -0.39 is 0 Å². The first-order chi connectivity index (χ1) is 13.4. The smallest absolute Gasteiger partial charge is 0.323 e. The third-order valence-electron chi connectivity index (χ3n) is 5.18. The van der Waals surface area contributed by atoms with Gasteiger partial charge in [0.1, 0.15) is 0 Å². The van der Waals surface area contributed by atoms with Crippen LogP contribution in [-0.4, -0.2) is 55.0 Å². The average Bonchev–Trinajstić information content (AvgIpc) is 2.70. The standard InChI is InChI=1S/C22H28N4O2/c1-16-4-8-18(9-5-16)23-22(28)24-19-10-6-17(7-11-19)21(27)26-14-12-20(13-15-26)25(2)3/h4-11,20H,12-15H2,1-3H3,(H2,23,24,28). The van der Waals surface area contributed by atoms with E-state index in [2.05, 4.69) is 29.6 Å². The van der Waals surface area contributed by atoms with Gasteiger partial charge in [0.2, 0.25) is 0 Å². The van der Waals surface area contributed by atoms with Gasteiger partial charge in [-0.25, -0.2) is 4.79 Å². The molecule has 1 heterocycles. The minimum Gasteiger partial charge on any atom is -0.339 e. The van der Waals surface area contributed by atoms with Gasteiger partial charge < -0.3 is 20.4 Å². The highest BCUT2D eigenvalue weighted by Crippen LogP contribution is 2.18. The highest BCUT2D eigenvalue weighted by atomic mass is 16.2. The number of likely N-dealkylation sites (tertiary alicyclic amines) is 1. The summed E-state index contributed by atoms with van der Waals surface area (Å²) in [4.78, 5) is 28.9. The molecule has 148 valence electrons. The van der Waals surface area contributed by atoms with Crippen molar-refractivity contribution < 1.29 is 9.59 Å². The Morgan fingerprint density at radius 1 is 0.893 bits per heavy atom. The van der Waals surface area contributed by atoms with E-state index in [4.69, 9.17) is 0 Å². The van der Waals surface area contributed by atoms with Crippen molar-refractivity contribution in [2.75, 3.05) is 37.8 Å². The van der Waals surface area contributed by atoms with Gasteiger partial charge in [0.05, 0.1) is 0 Å². The lowest BCUT2D eigenvalue weighted by Gasteiger charge is -2.35. The number of hydrogen-bond acceptors (Lipinski definition) is 3. The second-order valence-corrected chi connectivity index (χ2v) is 7.51. The maximum absolute atomic E-state index is 12.7. The van der Waals surface area contributed by atoms with Crippen molar-refractivity contribution in [2.45, 2.75) is 25.8 Å². The lowest BCUT2D eigenvalue weighted by Crippen LogP contribution is -2.44. The molecule has 0 aliphatic carbocycles. The number of anilines is 2. The molecule has 28 heavy (non-hydrogen) atoms. The third-order valence-corrected chi connectivity index (χ3v) is 5.18. The van der Waals surface area contributed by atoms with Crippen molar-refractivity contribution in [3.63, 3.8) is 0 Å². The van der Waals surface area contributed by atoms with Gasteiger partial charge in [-0.2, -0.15) is 0 Å². The molecule has 1 aliphatic heterocycles. The Morgan fingerprint density at radius 2 is 1.39 bits per heavy atom. The summed E-state index contributed by atoms with van der Waals surface area (Å²) in [6, 6.07) is 14.9. The number of hydrogen-bond donors (Lipinski definition) is 2. The van der Waals surface area contributed by atoms with E-state index in [1.54, 1.807) is 24.3 Å². The number of carbonyl (C=O) groups is 2. The van der Waals surface area contributed by atoms with Gasteiger partial charge in [0.25, 0.3) is 5.91 Å². The second-order valence-electron chi connectivity index (χ2n) is 7.51. The predicted octanol–water partition coefficient (Wildman–Crippen LogP) is 3.81. The predicted molar refractivity (Wildman–Crippen MR) is 113 cm³/mol. The molecule has 0 saturated carbocycles. The topological polar surface area (TPSA) is 64.7 Å². The van der Waals surface area contributed by atoms with Crippen LogP contribution in [0.2, 0.25) is 0 Å². The molecule has 0 atom stereocenters. The maximum atomic E-state index is 12.7. The summed E-state index contributed by atoms with van der Waals surface area (Å²) in [6.45, 7) is 3.55. The molecular formula is C22H28N4O2. The summed E-state index contributed by atoms with van der Waals surface area (Å²) in [5, 5.41) is 5.58. The second kappa shape index (κ2) is 8.89. The molecule has 6 nitrogen and oxygen atoms in total. The summed E-state index contributed by atoms with van der Waals surface area (Å²) in [5.74, 6) is 0.0489. The fraction of sp³-hybridized carbons (Fsp3) is 0.364. The van der Waals surface area contributed by atoms with E-state index in [0.717, 1.165) is 37.2 Å². The van der Waals surface area contributed by atoms with Crippen LogP contribution in [0.1, 0.15) is 28.8 Å². The monoisotopic (exact) mass is 380 g/mol. The highest BCUT2D eigenvalue weighted by molar-refractivity contribution is 6.00. The summed E-state index contributed by atoms with van der Waals surface area (Å²) in [7, 11) is 4.17. The van der Waals surface area contributed by atoms with E-state index in [1.807, 2.05) is 36.1 Å². The Labute approximate surface area is 166 Å². The summed E-state index contributed by atoms with van der Waals surface area (Å²) >= 11 is 0. The maximum Gasteiger partial charge on any atom is 0.323 e. The molecule has 0 unspecified atom stereocenters. The lowest BCUT2D eigenvalue weighted by atomic mass is 10.0. The zero-order chi connectivity index (χ0) is 20.1. The Hall–Kier alpha value is -2.86. The fourth-order valence-electron chi connectivity index (χ4n) is 3.39. The molecule has 1 fully saturated rings. The molecule has 2 aromatic carbocycles. The molecule has 3 rings (SSSR count). The van der Waals surface area contributed by atoms with Crippen molar-refractivity contribution in [3.05, 3.63) is 59.7 Å². The molecular weight excluding hydrogens is 352 g/mol. The third kappa shape index (κ3) is 5.10. The van der Waals surface area contributed by atoms with Crippen LogP contribution in [0.5, 0.6) is 0 Å². The van der Waals surface area contributed by atoms with Gasteiger partial charge in [0, 0.05) is 36.1 Å². The van der Waals surface area contributed by atoms with E-state index in [9.17, 15) is 9.59 Å². The van der Waals surface area contributed by atoms with Gasteiger partial charge in [-0.1, -0.05) is 17.7 Å². The Bertz CT molecular complexity index is 807. The van der Waals surface area contributed by atoms with E-state index in [-0.39, 0.29) is 11.9 Å². The first-order valence-corrected chi connectivity index (χ1v) is 9.63. The quantitative estimate of drug-likeness (QED) is 0.848. The van der Waals surface area contributed by atoms with Crippen molar-refractivity contribution in [1.82, 2.24) is 9.80 Å². The Morgan fingerprint density at radius 3 is 1.89 bits per heavy atom. The Balaban J connectivity index is 1.53. The SMILES string of the molecule is Cc1ccc(NC(=O)Nc2ccc(C(=O)N3CCC(N(C)C)CC3)cc2)cc1. The number of piperidine rings is 1. The average molecular weight is 380 g/mol. The van der Waals surface area contributed by atoms with Crippen LogP contribution in [0.25, 0.3) is 0 Å². The largest absolute Gasteiger partial charge is 0.339 e. The molecule has 0 aromatic heterocycles. The van der Waals surface area contributed by atoms with Gasteiger partial charge in [-0.15, -0.1) is 0 Å². The van der Waals surface area contributed by atoms with Crippen LogP contribution >= 0.6 is 0 Å². The van der Waals surface area contributed by atoms with Crippen molar-refractivity contribution in [2.24, 2.45) is 0 Å². The zero-order valence-corrected chi connectivity index (χ0v) is 16.7. The summed E-state index contributed by atoms with van der Waals surface area (Å²) in [5.41, 5.74) is 3.16. The first-order valence-electron chi connectivity index (χ1n) is 9.63. The molecule has 2 aromatic rings. The molecule has 6 heteroatoms. The number of nitrogens with one attached hydrogen (secondary N) is 2. The molecule has 0 bridgehead atoms. The molecule has 0 radical (unpaired) electrons. The minimum atomic E-state index is -0.311. The van der Waals surface area contributed by atoms with Crippen LogP contribution in [-0.2, 0) is 0 Å².